The number of aryl methyl sites for hydroxylation is 1. The molecule has 0 radical (unpaired) electrons. The lowest BCUT2D eigenvalue weighted by atomic mass is 10.1. The van der Waals surface area contributed by atoms with E-state index in [1.54, 1.807) is 13.8 Å². The smallest absolute Gasteiger partial charge is 0.330 e. The second-order valence-corrected chi connectivity index (χ2v) is 6.42. The van der Waals surface area contributed by atoms with E-state index < -0.39 is 41.4 Å². The van der Waals surface area contributed by atoms with Crippen LogP contribution >= 0.6 is 0 Å². The van der Waals surface area contributed by atoms with Crippen LogP contribution < -0.4 is 17.1 Å². The second-order valence-electron chi connectivity index (χ2n) is 6.42. The van der Waals surface area contributed by atoms with Gasteiger partial charge in [0.1, 0.15) is 23.9 Å². The molecule has 0 amide bonds. The lowest BCUT2D eigenvalue weighted by Gasteiger charge is -2.23. The second kappa shape index (κ2) is 7.13. The van der Waals surface area contributed by atoms with E-state index in [4.69, 9.17) is 20.2 Å². The molecule has 0 saturated carbocycles. The van der Waals surface area contributed by atoms with Crippen LogP contribution in [0.5, 0.6) is 0 Å². The predicted molar refractivity (Wildman–Crippen MR) is 82.2 cm³/mol. The first-order valence-corrected chi connectivity index (χ1v) is 7.45. The molecule has 24 heavy (non-hydrogen) atoms. The fourth-order valence-electron chi connectivity index (χ4n) is 2.33. The maximum Gasteiger partial charge on any atom is 0.330 e. The lowest BCUT2D eigenvalue weighted by Crippen LogP contribution is -2.39. The fourth-order valence-corrected chi connectivity index (χ4v) is 2.33. The van der Waals surface area contributed by atoms with Crippen molar-refractivity contribution in [3.63, 3.8) is 0 Å². The molecule has 1 fully saturated rings. The molecule has 0 spiro atoms. The molecule has 136 valence electrons. The first kappa shape index (κ1) is 18.8. The average molecular weight is 345 g/mol. The number of nitrogens with one attached hydrogen (secondary N) is 1. The van der Waals surface area contributed by atoms with Crippen LogP contribution in [-0.2, 0) is 14.3 Å². The van der Waals surface area contributed by atoms with Gasteiger partial charge in [-0.1, -0.05) is 0 Å². The van der Waals surface area contributed by atoms with Gasteiger partial charge in [-0.15, -0.1) is 0 Å². The highest BCUT2D eigenvalue weighted by molar-refractivity contribution is 5.03. The van der Waals surface area contributed by atoms with E-state index in [-0.39, 0.29) is 18.8 Å². The minimum Gasteiger partial charge on any atom is -0.387 e. The van der Waals surface area contributed by atoms with Gasteiger partial charge in [0, 0.05) is 11.8 Å². The zero-order valence-corrected chi connectivity index (χ0v) is 13.8. The third-order valence-corrected chi connectivity index (χ3v) is 3.81. The number of aliphatic hydroxyl groups excluding tert-OH is 2. The van der Waals surface area contributed by atoms with Crippen LogP contribution in [0.2, 0.25) is 0 Å². The standard InChI is InChI=1S/C14H23N3O7/c1-7-4-17(13(21)16-11(7)20)12-10(19)9(18)8(23-12)5-22-6-14(2,3)24-15/h4,8-10,12,18-19H,5-6,15H2,1-3H3,(H,16,20,21)/t8-,9-,10-,12-/m1/s1. The number of nitrogens with zero attached hydrogens (tertiary/aromatic N) is 1. The number of hydrogen-bond acceptors (Lipinski definition) is 8. The van der Waals surface area contributed by atoms with Gasteiger partial charge in [-0.25, -0.2) is 10.7 Å². The summed E-state index contributed by atoms with van der Waals surface area (Å²) in [6.45, 7) is 5.08. The van der Waals surface area contributed by atoms with Crippen LogP contribution in [0, 0.1) is 6.92 Å². The topological polar surface area (TPSA) is 149 Å². The Morgan fingerprint density at radius 2 is 2.04 bits per heavy atom. The molecule has 0 bridgehead atoms. The first-order valence-electron chi connectivity index (χ1n) is 7.45. The minimum atomic E-state index is -1.35. The van der Waals surface area contributed by atoms with Crippen molar-refractivity contribution in [3.05, 3.63) is 32.6 Å². The summed E-state index contributed by atoms with van der Waals surface area (Å²) in [6, 6.07) is 0. The summed E-state index contributed by atoms with van der Waals surface area (Å²) >= 11 is 0. The van der Waals surface area contributed by atoms with Gasteiger partial charge in [0.25, 0.3) is 5.56 Å². The Balaban J connectivity index is 2.09. The number of aliphatic hydroxyl groups is 2. The number of hydrogen-bond donors (Lipinski definition) is 4. The predicted octanol–water partition coefficient (Wildman–Crippen LogP) is -1.85. The highest BCUT2D eigenvalue weighted by Gasteiger charge is 2.44. The fraction of sp³-hybridized carbons (Fsp3) is 0.714. The van der Waals surface area contributed by atoms with Crippen molar-refractivity contribution < 1.29 is 24.5 Å². The van der Waals surface area contributed by atoms with Gasteiger partial charge in [-0.3, -0.25) is 19.2 Å². The average Bonchev–Trinajstić information content (AvgIpc) is 2.79. The molecule has 1 aromatic rings. The zero-order valence-electron chi connectivity index (χ0n) is 13.8. The Hall–Kier alpha value is -1.56. The molecule has 1 aliphatic rings. The third kappa shape index (κ3) is 3.91. The van der Waals surface area contributed by atoms with E-state index in [1.165, 1.54) is 13.1 Å². The van der Waals surface area contributed by atoms with Crippen LogP contribution in [0.3, 0.4) is 0 Å². The van der Waals surface area contributed by atoms with Gasteiger partial charge in [0.2, 0.25) is 0 Å². The quantitative estimate of drug-likeness (QED) is 0.439. The van der Waals surface area contributed by atoms with E-state index in [0.717, 1.165) is 4.57 Å². The van der Waals surface area contributed by atoms with Gasteiger partial charge in [-0.05, 0) is 20.8 Å². The molecule has 4 atom stereocenters. The summed E-state index contributed by atoms with van der Waals surface area (Å²) in [4.78, 5) is 30.2. The number of H-pyrrole nitrogens is 1. The molecule has 1 saturated heterocycles. The number of rotatable bonds is 6. The maximum atomic E-state index is 11.9. The molecule has 0 aliphatic carbocycles. The van der Waals surface area contributed by atoms with Crippen molar-refractivity contribution >= 4 is 0 Å². The summed E-state index contributed by atoms with van der Waals surface area (Å²) in [7, 11) is 0. The SMILES string of the molecule is Cc1cn([C@@H]2O[C@H](COCC(C)(C)ON)[C@@H](O)[C@H]2O)c(=O)[nH]c1=O. The van der Waals surface area contributed by atoms with Crippen molar-refractivity contribution in [1.82, 2.24) is 9.55 Å². The Labute approximate surface area is 137 Å². The molecule has 5 N–H and O–H groups in total. The van der Waals surface area contributed by atoms with Gasteiger partial charge in [0.15, 0.2) is 6.23 Å². The molecular weight excluding hydrogens is 322 g/mol. The Bertz CT molecular complexity index is 684. The van der Waals surface area contributed by atoms with Crippen molar-refractivity contribution in [2.45, 2.75) is 50.9 Å². The molecule has 0 unspecified atom stereocenters. The Kier molecular flexibility index (Phi) is 5.58. The van der Waals surface area contributed by atoms with Crippen LogP contribution in [0.15, 0.2) is 15.8 Å². The van der Waals surface area contributed by atoms with Gasteiger partial charge >= 0.3 is 5.69 Å². The Morgan fingerprint density at radius 1 is 1.38 bits per heavy atom. The van der Waals surface area contributed by atoms with Crippen LogP contribution in [0.4, 0.5) is 0 Å². The number of aromatic amines is 1. The number of nitrogens with two attached hydrogens (primary N) is 1. The highest BCUT2D eigenvalue weighted by Crippen LogP contribution is 2.28. The molecular formula is C14H23N3O7. The van der Waals surface area contributed by atoms with E-state index in [1.807, 2.05) is 0 Å². The van der Waals surface area contributed by atoms with E-state index in [2.05, 4.69) is 4.98 Å². The normalized spacial score (nSPS) is 27.6. The molecule has 1 aromatic heterocycles. The Morgan fingerprint density at radius 3 is 2.67 bits per heavy atom. The lowest BCUT2D eigenvalue weighted by molar-refractivity contribution is -0.110. The molecule has 2 rings (SSSR count). The summed E-state index contributed by atoms with van der Waals surface area (Å²) in [5.74, 6) is 5.12. The minimum absolute atomic E-state index is 0.0292. The van der Waals surface area contributed by atoms with Crippen molar-refractivity contribution in [2.24, 2.45) is 5.90 Å². The first-order chi connectivity index (χ1) is 11.2. The number of ether oxygens (including phenoxy) is 2. The molecule has 2 heterocycles. The molecule has 10 nitrogen and oxygen atoms in total. The number of aromatic nitrogens is 2. The summed E-state index contributed by atoms with van der Waals surface area (Å²) in [5.41, 5.74) is -1.69. The maximum absolute atomic E-state index is 11.9. The summed E-state index contributed by atoms with van der Waals surface area (Å²) < 4.78 is 12.0. The van der Waals surface area contributed by atoms with Crippen LogP contribution in [0.25, 0.3) is 0 Å². The van der Waals surface area contributed by atoms with E-state index in [9.17, 15) is 19.8 Å². The van der Waals surface area contributed by atoms with E-state index in [0.29, 0.717) is 0 Å². The monoisotopic (exact) mass is 345 g/mol. The summed E-state index contributed by atoms with van der Waals surface area (Å²) in [6.07, 6.45) is -3.30. The molecule has 1 aliphatic heterocycles. The van der Waals surface area contributed by atoms with Crippen molar-refractivity contribution in [2.75, 3.05) is 13.2 Å². The van der Waals surface area contributed by atoms with Gasteiger partial charge in [0.05, 0.1) is 13.2 Å². The van der Waals surface area contributed by atoms with Crippen molar-refractivity contribution in [3.8, 4) is 0 Å². The van der Waals surface area contributed by atoms with Gasteiger partial charge in [-0.2, -0.15) is 0 Å². The van der Waals surface area contributed by atoms with Crippen LogP contribution in [-0.4, -0.2) is 56.9 Å². The molecule has 0 aromatic carbocycles. The highest BCUT2D eigenvalue weighted by atomic mass is 16.6. The molecule has 10 heteroatoms. The van der Waals surface area contributed by atoms with Crippen LogP contribution in [0.1, 0.15) is 25.6 Å². The van der Waals surface area contributed by atoms with Crippen molar-refractivity contribution in [1.29, 1.82) is 0 Å². The van der Waals surface area contributed by atoms with E-state index >= 15 is 0 Å². The largest absolute Gasteiger partial charge is 0.387 e. The summed E-state index contributed by atoms with van der Waals surface area (Å²) in [5, 5.41) is 20.2. The third-order valence-electron chi connectivity index (χ3n) is 3.81. The zero-order chi connectivity index (χ0) is 18.1. The van der Waals surface area contributed by atoms with Gasteiger partial charge < -0.3 is 19.7 Å².